The molecule has 4 rings (SSSR count). The number of allylic oxidation sites excluding steroid dienone is 4. The molecule has 0 N–H and O–H groups in total. The van der Waals surface area contributed by atoms with Gasteiger partial charge in [0.2, 0.25) is 0 Å². The lowest BCUT2D eigenvalue weighted by Crippen LogP contribution is -2.24. The van der Waals surface area contributed by atoms with Crippen LogP contribution in [0.1, 0.15) is 11.3 Å². The molecule has 0 amide bonds. The number of hydrogen-bond donors (Lipinski definition) is 0. The SMILES string of the molecule is Cc1ccc(C#N)c(ON=C2C=CC=C3N=c4ccccc4=C32)n1. The van der Waals surface area contributed by atoms with Crippen molar-refractivity contribution in [3.8, 4) is 11.9 Å². The van der Waals surface area contributed by atoms with E-state index in [2.05, 4.69) is 21.2 Å². The van der Waals surface area contributed by atoms with Crippen molar-refractivity contribution in [2.45, 2.75) is 6.92 Å². The number of benzene rings is 1. The van der Waals surface area contributed by atoms with Gasteiger partial charge in [-0.05, 0) is 37.3 Å². The first-order valence-electron chi connectivity index (χ1n) is 7.46. The van der Waals surface area contributed by atoms with Crippen LogP contribution in [0.15, 0.2) is 70.5 Å². The molecule has 1 aliphatic carbocycles. The molecule has 1 aromatic carbocycles. The summed E-state index contributed by atoms with van der Waals surface area (Å²) in [6.07, 6.45) is 5.68. The standard InChI is InChI=1S/C19H12N4O/c1-12-9-10-13(11-20)19(21-12)24-23-17-8-4-7-16-18(17)14-5-2-3-6-15(14)22-16/h2-10H,1H3. The van der Waals surface area contributed by atoms with Gasteiger partial charge in [0.15, 0.2) is 0 Å². The maximum Gasteiger partial charge on any atom is 0.266 e. The summed E-state index contributed by atoms with van der Waals surface area (Å²) in [6, 6.07) is 13.4. The molecule has 114 valence electrons. The van der Waals surface area contributed by atoms with E-state index in [-0.39, 0.29) is 5.88 Å². The molecule has 0 saturated heterocycles. The summed E-state index contributed by atoms with van der Waals surface area (Å²) in [6.45, 7) is 1.84. The van der Waals surface area contributed by atoms with Gasteiger partial charge in [0, 0.05) is 16.5 Å². The summed E-state index contributed by atoms with van der Waals surface area (Å²) in [5, 5.41) is 15.3. The molecular formula is C19H12N4O. The minimum atomic E-state index is 0.207. The van der Waals surface area contributed by atoms with E-state index in [0.717, 1.165) is 27.5 Å². The molecule has 0 saturated carbocycles. The number of para-hydroxylation sites is 1. The van der Waals surface area contributed by atoms with Gasteiger partial charge in [0.1, 0.15) is 17.3 Å². The number of hydrogen-bond acceptors (Lipinski definition) is 5. The van der Waals surface area contributed by atoms with Crippen LogP contribution in [0.25, 0.3) is 5.57 Å². The quantitative estimate of drug-likeness (QED) is 0.796. The van der Waals surface area contributed by atoms with Gasteiger partial charge in [-0.1, -0.05) is 29.4 Å². The van der Waals surface area contributed by atoms with E-state index in [9.17, 15) is 0 Å². The zero-order valence-electron chi connectivity index (χ0n) is 12.9. The number of aryl methyl sites for hydroxylation is 1. The fourth-order valence-electron chi connectivity index (χ4n) is 2.67. The fraction of sp³-hybridized carbons (Fsp3) is 0.0526. The second kappa shape index (κ2) is 5.60. The summed E-state index contributed by atoms with van der Waals surface area (Å²) in [7, 11) is 0. The first kappa shape index (κ1) is 14.1. The first-order valence-corrected chi connectivity index (χ1v) is 7.46. The smallest absolute Gasteiger partial charge is 0.266 e. The molecular weight excluding hydrogens is 300 g/mol. The molecule has 0 atom stereocenters. The zero-order valence-corrected chi connectivity index (χ0v) is 12.9. The van der Waals surface area contributed by atoms with Crippen molar-refractivity contribution in [3.63, 3.8) is 0 Å². The molecule has 2 aromatic rings. The van der Waals surface area contributed by atoms with E-state index >= 15 is 0 Å². The second-order valence-electron chi connectivity index (χ2n) is 5.40. The number of rotatable bonds is 2. The van der Waals surface area contributed by atoms with Crippen LogP contribution in [0.4, 0.5) is 0 Å². The van der Waals surface area contributed by atoms with Gasteiger partial charge in [-0.2, -0.15) is 5.26 Å². The van der Waals surface area contributed by atoms with Crippen LogP contribution in [0.2, 0.25) is 0 Å². The molecule has 5 nitrogen and oxygen atoms in total. The van der Waals surface area contributed by atoms with Crippen LogP contribution >= 0.6 is 0 Å². The monoisotopic (exact) mass is 312 g/mol. The van der Waals surface area contributed by atoms with E-state index in [0.29, 0.717) is 11.3 Å². The highest BCUT2D eigenvalue weighted by molar-refractivity contribution is 6.30. The summed E-state index contributed by atoms with van der Waals surface area (Å²) in [5.74, 6) is 0.207. The number of nitrogens with zero attached hydrogens (tertiary/aromatic N) is 4. The Balaban J connectivity index is 1.79. The van der Waals surface area contributed by atoms with E-state index in [1.807, 2.05) is 49.4 Å². The highest BCUT2D eigenvalue weighted by Gasteiger charge is 2.19. The van der Waals surface area contributed by atoms with Crippen LogP contribution in [-0.2, 0) is 0 Å². The largest absolute Gasteiger partial charge is 0.334 e. The van der Waals surface area contributed by atoms with Gasteiger partial charge in [-0.3, -0.25) is 0 Å². The van der Waals surface area contributed by atoms with Crippen LogP contribution in [0.5, 0.6) is 5.88 Å². The second-order valence-corrected chi connectivity index (χ2v) is 5.40. The summed E-state index contributed by atoms with van der Waals surface area (Å²) >= 11 is 0. The Morgan fingerprint density at radius 3 is 2.92 bits per heavy atom. The van der Waals surface area contributed by atoms with Gasteiger partial charge in [-0.15, -0.1) is 0 Å². The number of nitriles is 1. The van der Waals surface area contributed by atoms with Crippen molar-refractivity contribution >= 4 is 11.3 Å². The van der Waals surface area contributed by atoms with Crippen molar-refractivity contribution < 1.29 is 4.84 Å². The van der Waals surface area contributed by atoms with Crippen LogP contribution in [-0.4, -0.2) is 10.7 Å². The molecule has 1 aliphatic heterocycles. The van der Waals surface area contributed by atoms with Gasteiger partial charge >= 0.3 is 0 Å². The average molecular weight is 312 g/mol. The van der Waals surface area contributed by atoms with E-state index in [4.69, 9.17) is 10.1 Å². The Hall–Kier alpha value is -3.52. The third-order valence-corrected chi connectivity index (χ3v) is 3.79. The molecule has 0 bridgehead atoms. The third kappa shape index (κ3) is 2.31. The number of aromatic nitrogens is 1. The summed E-state index contributed by atoms with van der Waals surface area (Å²) in [5.41, 5.74) is 3.56. The predicted molar refractivity (Wildman–Crippen MR) is 89.6 cm³/mol. The fourth-order valence-corrected chi connectivity index (χ4v) is 2.67. The molecule has 0 fully saturated rings. The summed E-state index contributed by atoms with van der Waals surface area (Å²) in [4.78, 5) is 14.3. The molecule has 0 radical (unpaired) electrons. The van der Waals surface area contributed by atoms with Crippen LogP contribution in [0.3, 0.4) is 0 Å². The minimum Gasteiger partial charge on any atom is -0.334 e. The maximum absolute atomic E-state index is 9.16. The number of oxime groups is 1. The van der Waals surface area contributed by atoms with E-state index < -0.39 is 0 Å². The zero-order chi connectivity index (χ0) is 16.5. The molecule has 2 heterocycles. The number of fused-ring (bicyclic) bond motifs is 2. The van der Waals surface area contributed by atoms with E-state index in [1.165, 1.54) is 0 Å². The van der Waals surface area contributed by atoms with Crippen molar-refractivity contribution in [2.75, 3.05) is 0 Å². The van der Waals surface area contributed by atoms with Crippen molar-refractivity contribution in [3.05, 3.63) is 82.2 Å². The Morgan fingerprint density at radius 1 is 1.17 bits per heavy atom. The molecule has 2 aliphatic rings. The molecule has 0 spiro atoms. The van der Waals surface area contributed by atoms with Crippen molar-refractivity contribution in [2.24, 2.45) is 10.1 Å². The van der Waals surface area contributed by atoms with Gasteiger partial charge in [0.05, 0.1) is 11.1 Å². The van der Waals surface area contributed by atoms with Crippen LogP contribution < -0.4 is 15.4 Å². The van der Waals surface area contributed by atoms with Crippen LogP contribution in [0, 0.1) is 18.3 Å². The molecule has 5 heteroatoms. The Morgan fingerprint density at radius 2 is 2.04 bits per heavy atom. The number of pyridine rings is 1. The first-order chi connectivity index (χ1) is 11.8. The molecule has 24 heavy (non-hydrogen) atoms. The third-order valence-electron chi connectivity index (χ3n) is 3.79. The molecule has 0 unspecified atom stereocenters. The van der Waals surface area contributed by atoms with Gasteiger partial charge in [-0.25, -0.2) is 9.98 Å². The summed E-state index contributed by atoms with van der Waals surface area (Å²) < 4.78 is 0. The normalized spacial score (nSPS) is 16.1. The lowest BCUT2D eigenvalue weighted by Gasteiger charge is -2.08. The highest BCUT2D eigenvalue weighted by atomic mass is 16.6. The Kier molecular flexibility index (Phi) is 3.29. The Bertz CT molecular complexity index is 1100. The maximum atomic E-state index is 9.16. The minimum absolute atomic E-state index is 0.207. The topological polar surface area (TPSA) is 70.6 Å². The Labute approximate surface area is 138 Å². The average Bonchev–Trinajstić information content (AvgIpc) is 2.99. The lowest BCUT2D eigenvalue weighted by atomic mass is 10.0. The van der Waals surface area contributed by atoms with Gasteiger partial charge < -0.3 is 4.84 Å². The van der Waals surface area contributed by atoms with Crippen molar-refractivity contribution in [1.82, 2.24) is 4.98 Å². The lowest BCUT2D eigenvalue weighted by molar-refractivity contribution is 0.327. The van der Waals surface area contributed by atoms with Crippen molar-refractivity contribution in [1.29, 1.82) is 5.26 Å². The highest BCUT2D eigenvalue weighted by Crippen LogP contribution is 2.22. The molecule has 1 aromatic heterocycles. The van der Waals surface area contributed by atoms with E-state index in [1.54, 1.807) is 12.1 Å². The predicted octanol–water partition coefficient (Wildman–Crippen LogP) is 1.93. The van der Waals surface area contributed by atoms with Gasteiger partial charge in [0.25, 0.3) is 5.88 Å².